The summed E-state index contributed by atoms with van der Waals surface area (Å²) >= 11 is 0. The first-order valence-corrected chi connectivity index (χ1v) is 10.1. The molecule has 2 heterocycles. The van der Waals surface area contributed by atoms with Crippen molar-refractivity contribution >= 4 is 12.0 Å². The summed E-state index contributed by atoms with van der Waals surface area (Å²) < 4.78 is 11.1. The highest BCUT2D eigenvalue weighted by molar-refractivity contribution is 5.94. The van der Waals surface area contributed by atoms with E-state index in [0.29, 0.717) is 49.8 Å². The molecule has 1 aliphatic rings. The van der Waals surface area contributed by atoms with Crippen LogP contribution in [0.3, 0.4) is 0 Å². The van der Waals surface area contributed by atoms with Gasteiger partial charge in [-0.2, -0.15) is 0 Å². The van der Waals surface area contributed by atoms with Crippen molar-refractivity contribution in [1.82, 2.24) is 14.8 Å². The number of rotatable bonds is 5. The van der Waals surface area contributed by atoms with Gasteiger partial charge in [-0.25, -0.2) is 4.79 Å². The van der Waals surface area contributed by atoms with Gasteiger partial charge in [0, 0.05) is 37.9 Å². The van der Waals surface area contributed by atoms with Crippen molar-refractivity contribution < 1.29 is 19.1 Å². The monoisotopic (exact) mass is 417 g/mol. The minimum atomic E-state index is -0.431. The lowest BCUT2D eigenvalue weighted by molar-refractivity contribution is 0.0633. The van der Waals surface area contributed by atoms with Crippen LogP contribution >= 0.6 is 0 Å². The molecule has 3 aromatic rings. The normalized spacial score (nSPS) is 13.5. The number of carbonyl (C=O) groups is 2. The minimum absolute atomic E-state index is 0.0603. The third-order valence-corrected chi connectivity index (χ3v) is 5.01. The van der Waals surface area contributed by atoms with Gasteiger partial charge in [0.2, 0.25) is 0 Å². The molecule has 1 aliphatic heterocycles. The lowest BCUT2D eigenvalue weighted by Crippen LogP contribution is -2.51. The summed E-state index contributed by atoms with van der Waals surface area (Å²) in [5, 5.41) is 0. The molecule has 1 fully saturated rings. The SMILES string of the molecule is O=C(Oc1cccnc1)N1CCN(C(=O)c2ccc(OCc3ccccc3)cc2)CC1. The zero-order valence-corrected chi connectivity index (χ0v) is 17.0. The molecule has 2 amide bonds. The van der Waals surface area contributed by atoms with Crippen molar-refractivity contribution in [2.45, 2.75) is 6.61 Å². The number of pyridine rings is 1. The fourth-order valence-corrected chi connectivity index (χ4v) is 3.28. The first-order chi connectivity index (χ1) is 15.2. The highest BCUT2D eigenvalue weighted by Gasteiger charge is 2.26. The first-order valence-electron chi connectivity index (χ1n) is 10.1. The van der Waals surface area contributed by atoms with Crippen LogP contribution in [0.2, 0.25) is 0 Å². The summed E-state index contributed by atoms with van der Waals surface area (Å²) in [6.07, 6.45) is 2.68. The van der Waals surface area contributed by atoms with E-state index in [-0.39, 0.29) is 5.91 Å². The largest absolute Gasteiger partial charge is 0.489 e. The van der Waals surface area contributed by atoms with E-state index < -0.39 is 6.09 Å². The number of nitrogens with zero attached hydrogens (tertiary/aromatic N) is 3. The van der Waals surface area contributed by atoms with Crippen LogP contribution in [0.15, 0.2) is 79.1 Å². The smallest absolute Gasteiger partial charge is 0.415 e. The van der Waals surface area contributed by atoms with Crippen LogP contribution in [0.1, 0.15) is 15.9 Å². The zero-order valence-electron chi connectivity index (χ0n) is 17.0. The quantitative estimate of drug-likeness (QED) is 0.634. The Morgan fingerprint density at radius 1 is 0.806 bits per heavy atom. The number of ether oxygens (including phenoxy) is 2. The predicted molar refractivity (Wildman–Crippen MR) is 115 cm³/mol. The molecule has 0 atom stereocenters. The molecule has 1 saturated heterocycles. The van der Waals surface area contributed by atoms with Crippen molar-refractivity contribution in [3.8, 4) is 11.5 Å². The van der Waals surface area contributed by atoms with E-state index in [1.165, 1.54) is 6.20 Å². The fraction of sp³-hybridized carbons (Fsp3) is 0.208. The second kappa shape index (κ2) is 9.75. The number of aromatic nitrogens is 1. The Bertz CT molecular complexity index is 1000. The van der Waals surface area contributed by atoms with E-state index in [0.717, 1.165) is 5.56 Å². The van der Waals surface area contributed by atoms with Gasteiger partial charge in [-0.3, -0.25) is 9.78 Å². The lowest BCUT2D eigenvalue weighted by atomic mass is 10.1. The van der Waals surface area contributed by atoms with Crippen molar-refractivity contribution in [3.05, 3.63) is 90.3 Å². The van der Waals surface area contributed by atoms with Crippen molar-refractivity contribution in [3.63, 3.8) is 0 Å². The van der Waals surface area contributed by atoms with E-state index in [1.807, 2.05) is 30.3 Å². The van der Waals surface area contributed by atoms with Crippen LogP contribution < -0.4 is 9.47 Å². The van der Waals surface area contributed by atoms with Gasteiger partial charge < -0.3 is 19.3 Å². The maximum atomic E-state index is 12.8. The Balaban J connectivity index is 1.27. The number of benzene rings is 2. The zero-order chi connectivity index (χ0) is 21.5. The highest BCUT2D eigenvalue weighted by atomic mass is 16.6. The Labute approximate surface area is 180 Å². The summed E-state index contributed by atoms with van der Waals surface area (Å²) in [5.74, 6) is 1.05. The second-order valence-electron chi connectivity index (χ2n) is 7.13. The molecule has 0 aliphatic carbocycles. The Hall–Kier alpha value is -3.87. The average Bonchev–Trinajstić information content (AvgIpc) is 2.84. The summed E-state index contributed by atoms with van der Waals surface area (Å²) in [5.41, 5.74) is 1.68. The summed E-state index contributed by atoms with van der Waals surface area (Å²) in [6.45, 7) is 2.22. The first kappa shape index (κ1) is 20.4. The van der Waals surface area contributed by atoms with Crippen molar-refractivity contribution in [2.75, 3.05) is 26.2 Å². The number of amides is 2. The van der Waals surface area contributed by atoms with E-state index in [9.17, 15) is 9.59 Å². The van der Waals surface area contributed by atoms with Crippen molar-refractivity contribution in [2.24, 2.45) is 0 Å². The molecule has 158 valence electrons. The molecular weight excluding hydrogens is 394 g/mol. The van der Waals surface area contributed by atoms with Gasteiger partial charge in [0.15, 0.2) is 5.75 Å². The summed E-state index contributed by atoms with van der Waals surface area (Å²) in [4.78, 5) is 32.3. The number of carbonyl (C=O) groups excluding carboxylic acids is 2. The molecule has 0 radical (unpaired) electrons. The molecule has 0 bridgehead atoms. The minimum Gasteiger partial charge on any atom is -0.489 e. The Morgan fingerprint density at radius 3 is 2.19 bits per heavy atom. The van der Waals surface area contributed by atoms with Gasteiger partial charge in [-0.1, -0.05) is 30.3 Å². The summed E-state index contributed by atoms with van der Waals surface area (Å²) in [7, 11) is 0. The third-order valence-electron chi connectivity index (χ3n) is 5.01. The molecule has 0 N–H and O–H groups in total. The topological polar surface area (TPSA) is 72.0 Å². The molecule has 2 aromatic carbocycles. The van der Waals surface area contributed by atoms with Crippen LogP contribution in [-0.2, 0) is 6.61 Å². The maximum absolute atomic E-state index is 12.8. The van der Waals surface area contributed by atoms with E-state index >= 15 is 0 Å². The van der Waals surface area contributed by atoms with Crippen molar-refractivity contribution in [1.29, 1.82) is 0 Å². The Morgan fingerprint density at radius 2 is 1.52 bits per heavy atom. The number of hydrogen-bond acceptors (Lipinski definition) is 5. The van der Waals surface area contributed by atoms with Crippen LogP contribution in [0, 0.1) is 0 Å². The number of piperazine rings is 1. The van der Waals surface area contributed by atoms with Crippen LogP contribution in [0.25, 0.3) is 0 Å². The second-order valence-corrected chi connectivity index (χ2v) is 7.13. The molecule has 0 saturated carbocycles. The molecular formula is C24H23N3O4. The average molecular weight is 417 g/mol. The molecule has 1 aromatic heterocycles. The molecule has 0 unspecified atom stereocenters. The molecule has 7 heteroatoms. The van der Waals surface area contributed by atoms with E-state index in [2.05, 4.69) is 4.98 Å². The maximum Gasteiger partial charge on any atom is 0.415 e. The number of hydrogen-bond donors (Lipinski definition) is 0. The van der Waals surface area contributed by atoms with Crippen LogP contribution in [-0.4, -0.2) is 53.0 Å². The van der Waals surface area contributed by atoms with Gasteiger partial charge in [0.1, 0.15) is 12.4 Å². The standard InChI is InChI=1S/C24H23N3O4/c28-23(20-8-10-21(11-9-20)30-18-19-5-2-1-3-6-19)26-13-15-27(16-14-26)24(29)31-22-7-4-12-25-17-22/h1-12,17H,13-16,18H2. The van der Waals surface area contributed by atoms with Gasteiger partial charge in [0.05, 0.1) is 6.20 Å². The Kier molecular flexibility index (Phi) is 6.42. The van der Waals surface area contributed by atoms with Gasteiger partial charge in [0.25, 0.3) is 5.91 Å². The molecule has 0 spiro atoms. The molecule has 7 nitrogen and oxygen atoms in total. The fourth-order valence-electron chi connectivity index (χ4n) is 3.28. The van der Waals surface area contributed by atoms with Gasteiger partial charge in [-0.15, -0.1) is 0 Å². The lowest BCUT2D eigenvalue weighted by Gasteiger charge is -2.34. The molecule has 31 heavy (non-hydrogen) atoms. The van der Waals surface area contributed by atoms with Crippen LogP contribution in [0.5, 0.6) is 11.5 Å². The molecule has 4 rings (SSSR count). The highest BCUT2D eigenvalue weighted by Crippen LogP contribution is 2.17. The van der Waals surface area contributed by atoms with E-state index in [4.69, 9.17) is 9.47 Å². The van der Waals surface area contributed by atoms with Crippen LogP contribution in [0.4, 0.5) is 4.79 Å². The predicted octanol–water partition coefficient (Wildman–Crippen LogP) is 3.62. The van der Waals surface area contributed by atoms with Gasteiger partial charge >= 0.3 is 6.09 Å². The summed E-state index contributed by atoms with van der Waals surface area (Å²) in [6, 6.07) is 20.4. The van der Waals surface area contributed by atoms with E-state index in [1.54, 1.807) is 52.4 Å². The van der Waals surface area contributed by atoms with Gasteiger partial charge in [-0.05, 0) is 42.0 Å². The third kappa shape index (κ3) is 5.39.